The number of Topliss-reactive ketones (excluding diaryl/α,β-unsaturated/α-hetero) is 1. The van der Waals surface area contributed by atoms with Crippen LogP contribution in [0.25, 0.3) is 0 Å². The molecule has 0 radical (unpaired) electrons. The van der Waals surface area contributed by atoms with Crippen molar-refractivity contribution in [2.24, 2.45) is 5.92 Å². The van der Waals surface area contributed by atoms with Gasteiger partial charge < -0.3 is 9.47 Å². The van der Waals surface area contributed by atoms with E-state index in [1.165, 1.54) is 0 Å². The molecule has 25 heavy (non-hydrogen) atoms. The second kappa shape index (κ2) is 8.79. The molecule has 0 N–H and O–H groups in total. The zero-order chi connectivity index (χ0) is 17.6. The second-order valence-corrected chi connectivity index (χ2v) is 7.16. The van der Waals surface area contributed by atoms with Crippen LogP contribution in [0.1, 0.15) is 30.1 Å². The topological polar surface area (TPSA) is 42.0 Å². The van der Waals surface area contributed by atoms with Gasteiger partial charge in [-0.3, -0.25) is 14.6 Å². The lowest BCUT2D eigenvalue weighted by atomic mass is 9.88. The van der Waals surface area contributed by atoms with Gasteiger partial charge >= 0.3 is 0 Å². The number of hydrogen-bond acceptors (Lipinski definition) is 5. The van der Waals surface area contributed by atoms with E-state index in [4.69, 9.17) is 9.47 Å². The lowest BCUT2D eigenvalue weighted by Gasteiger charge is -2.38. The highest BCUT2D eigenvalue weighted by Crippen LogP contribution is 2.24. The molecule has 0 aliphatic carbocycles. The van der Waals surface area contributed by atoms with Gasteiger partial charge in [-0.15, -0.1) is 0 Å². The Kier molecular flexibility index (Phi) is 6.45. The SMILES string of the molecule is COc1ccc(C(=O)C2CCN([C@@H](C)CN3CCOCC3)CC2)cc1. The number of carbonyl (C=O) groups excluding carboxylic acids is 1. The third-order valence-electron chi connectivity index (χ3n) is 5.52. The zero-order valence-electron chi connectivity index (χ0n) is 15.4. The molecule has 3 rings (SSSR count). The molecule has 2 saturated heterocycles. The Labute approximate surface area is 150 Å². The van der Waals surface area contributed by atoms with Gasteiger partial charge in [0, 0.05) is 37.2 Å². The van der Waals surface area contributed by atoms with Crippen molar-refractivity contribution in [3.05, 3.63) is 29.8 Å². The van der Waals surface area contributed by atoms with Crippen LogP contribution >= 0.6 is 0 Å². The van der Waals surface area contributed by atoms with Gasteiger partial charge in [-0.1, -0.05) is 0 Å². The fraction of sp³-hybridized carbons (Fsp3) is 0.650. The second-order valence-electron chi connectivity index (χ2n) is 7.16. The number of nitrogens with zero attached hydrogens (tertiary/aromatic N) is 2. The van der Waals surface area contributed by atoms with Crippen molar-refractivity contribution >= 4 is 5.78 Å². The number of ketones is 1. The summed E-state index contributed by atoms with van der Waals surface area (Å²) in [5, 5.41) is 0. The Balaban J connectivity index is 1.47. The van der Waals surface area contributed by atoms with E-state index >= 15 is 0 Å². The molecule has 2 heterocycles. The van der Waals surface area contributed by atoms with E-state index < -0.39 is 0 Å². The number of methoxy groups -OCH3 is 1. The maximum absolute atomic E-state index is 12.7. The molecule has 0 saturated carbocycles. The summed E-state index contributed by atoms with van der Waals surface area (Å²) in [4.78, 5) is 17.7. The molecule has 0 bridgehead atoms. The van der Waals surface area contributed by atoms with E-state index in [1.54, 1.807) is 7.11 Å². The van der Waals surface area contributed by atoms with Crippen LogP contribution in [0.5, 0.6) is 5.75 Å². The van der Waals surface area contributed by atoms with Crippen molar-refractivity contribution in [3.63, 3.8) is 0 Å². The van der Waals surface area contributed by atoms with Gasteiger partial charge in [-0.05, 0) is 57.1 Å². The summed E-state index contributed by atoms with van der Waals surface area (Å²) in [6, 6.07) is 8.04. The van der Waals surface area contributed by atoms with Crippen LogP contribution in [0.15, 0.2) is 24.3 Å². The fourth-order valence-corrected chi connectivity index (χ4v) is 3.87. The zero-order valence-corrected chi connectivity index (χ0v) is 15.4. The molecule has 0 aromatic heterocycles. The van der Waals surface area contributed by atoms with Crippen molar-refractivity contribution in [2.75, 3.05) is 53.0 Å². The van der Waals surface area contributed by atoms with Gasteiger partial charge in [-0.25, -0.2) is 0 Å². The van der Waals surface area contributed by atoms with E-state index in [0.29, 0.717) is 6.04 Å². The maximum atomic E-state index is 12.7. The largest absolute Gasteiger partial charge is 0.497 e. The maximum Gasteiger partial charge on any atom is 0.166 e. The predicted octanol–water partition coefficient (Wildman–Crippen LogP) is 2.31. The quantitative estimate of drug-likeness (QED) is 0.740. The standard InChI is InChI=1S/C20H30N2O3/c1-16(15-21-11-13-25-14-12-21)22-9-7-18(8-10-22)20(23)17-3-5-19(24-2)6-4-17/h3-6,16,18H,7-15H2,1-2H3/t16-/m0/s1. The van der Waals surface area contributed by atoms with E-state index in [9.17, 15) is 4.79 Å². The van der Waals surface area contributed by atoms with E-state index in [0.717, 1.165) is 70.1 Å². The average molecular weight is 346 g/mol. The van der Waals surface area contributed by atoms with E-state index in [-0.39, 0.29) is 11.7 Å². The molecule has 0 spiro atoms. The van der Waals surface area contributed by atoms with Crippen LogP contribution in [0.3, 0.4) is 0 Å². The summed E-state index contributed by atoms with van der Waals surface area (Å²) < 4.78 is 10.6. The summed E-state index contributed by atoms with van der Waals surface area (Å²) in [5.41, 5.74) is 0.806. The first kappa shape index (κ1) is 18.4. The highest BCUT2D eigenvalue weighted by Gasteiger charge is 2.28. The minimum absolute atomic E-state index is 0.153. The summed E-state index contributed by atoms with van der Waals surface area (Å²) in [6.07, 6.45) is 1.91. The number of likely N-dealkylation sites (tertiary alicyclic amines) is 1. The molecule has 5 heteroatoms. The minimum Gasteiger partial charge on any atom is -0.497 e. The molecule has 1 aromatic carbocycles. The molecule has 1 aromatic rings. The van der Waals surface area contributed by atoms with E-state index in [1.807, 2.05) is 24.3 Å². The predicted molar refractivity (Wildman–Crippen MR) is 98.3 cm³/mol. The average Bonchev–Trinajstić information content (AvgIpc) is 2.68. The number of piperidine rings is 1. The lowest BCUT2D eigenvalue weighted by Crippen LogP contribution is -2.49. The van der Waals surface area contributed by atoms with Gasteiger partial charge in [0.05, 0.1) is 20.3 Å². The Hall–Kier alpha value is -1.43. The first-order valence-corrected chi connectivity index (χ1v) is 9.40. The van der Waals surface area contributed by atoms with Crippen molar-refractivity contribution in [2.45, 2.75) is 25.8 Å². The molecule has 2 aliphatic rings. The van der Waals surface area contributed by atoms with Gasteiger partial charge in [-0.2, -0.15) is 0 Å². The molecule has 138 valence electrons. The van der Waals surface area contributed by atoms with Gasteiger partial charge in [0.15, 0.2) is 5.78 Å². The van der Waals surface area contributed by atoms with Crippen molar-refractivity contribution in [1.82, 2.24) is 9.80 Å². The summed E-state index contributed by atoms with van der Waals surface area (Å²) >= 11 is 0. The first-order chi connectivity index (χ1) is 12.2. The van der Waals surface area contributed by atoms with Crippen LogP contribution in [0, 0.1) is 5.92 Å². The number of morpholine rings is 1. The number of carbonyl (C=O) groups is 1. The van der Waals surface area contributed by atoms with Crippen LogP contribution < -0.4 is 4.74 Å². The van der Waals surface area contributed by atoms with Gasteiger partial charge in [0.2, 0.25) is 0 Å². The van der Waals surface area contributed by atoms with Crippen LogP contribution in [-0.4, -0.2) is 74.7 Å². The van der Waals surface area contributed by atoms with Crippen LogP contribution in [0.2, 0.25) is 0 Å². The van der Waals surface area contributed by atoms with Crippen molar-refractivity contribution in [1.29, 1.82) is 0 Å². The smallest absolute Gasteiger partial charge is 0.166 e. The Bertz CT molecular complexity index is 547. The third kappa shape index (κ3) is 4.81. The Morgan fingerprint density at radius 2 is 1.80 bits per heavy atom. The number of rotatable bonds is 6. The molecule has 2 aliphatic heterocycles. The summed E-state index contributed by atoms with van der Waals surface area (Å²) in [5.74, 6) is 1.23. The van der Waals surface area contributed by atoms with Crippen LogP contribution in [0.4, 0.5) is 0 Å². The highest BCUT2D eigenvalue weighted by molar-refractivity contribution is 5.98. The molecule has 0 amide bonds. The van der Waals surface area contributed by atoms with Gasteiger partial charge in [0.25, 0.3) is 0 Å². The molecule has 2 fully saturated rings. The first-order valence-electron chi connectivity index (χ1n) is 9.40. The van der Waals surface area contributed by atoms with Gasteiger partial charge in [0.1, 0.15) is 5.75 Å². The number of ether oxygens (including phenoxy) is 2. The lowest BCUT2D eigenvalue weighted by molar-refractivity contribution is 0.0204. The minimum atomic E-state index is 0.153. The summed E-state index contributed by atoms with van der Waals surface area (Å²) in [7, 11) is 1.64. The molecule has 5 nitrogen and oxygen atoms in total. The highest BCUT2D eigenvalue weighted by atomic mass is 16.5. The van der Waals surface area contributed by atoms with E-state index in [2.05, 4.69) is 16.7 Å². The molecular formula is C20H30N2O3. The fourth-order valence-electron chi connectivity index (χ4n) is 3.87. The third-order valence-corrected chi connectivity index (χ3v) is 5.52. The normalized spacial score (nSPS) is 21.8. The molecule has 0 unspecified atom stereocenters. The molecule has 1 atom stereocenters. The van der Waals surface area contributed by atoms with Crippen molar-refractivity contribution in [3.8, 4) is 5.75 Å². The number of benzene rings is 1. The van der Waals surface area contributed by atoms with Crippen LogP contribution in [-0.2, 0) is 4.74 Å². The monoisotopic (exact) mass is 346 g/mol. The summed E-state index contributed by atoms with van der Waals surface area (Å²) in [6.45, 7) is 9.21. The Morgan fingerprint density at radius 1 is 1.16 bits per heavy atom. The number of hydrogen-bond donors (Lipinski definition) is 0. The molecular weight excluding hydrogens is 316 g/mol. The Morgan fingerprint density at radius 3 is 2.40 bits per heavy atom. The van der Waals surface area contributed by atoms with Crippen molar-refractivity contribution < 1.29 is 14.3 Å².